The second-order valence-corrected chi connectivity index (χ2v) is 3.78. The summed E-state index contributed by atoms with van der Waals surface area (Å²) in [6.07, 6.45) is 5.75. The lowest BCUT2D eigenvalue weighted by molar-refractivity contribution is -0.135. The third kappa shape index (κ3) is 6.45. The lowest BCUT2D eigenvalue weighted by Gasteiger charge is -2.03. The van der Waals surface area contributed by atoms with Gasteiger partial charge in [-0.2, -0.15) is 0 Å². The van der Waals surface area contributed by atoms with E-state index in [1.807, 2.05) is 6.92 Å². The van der Waals surface area contributed by atoms with Crippen LogP contribution in [0.25, 0.3) is 0 Å². The van der Waals surface area contributed by atoms with E-state index in [-0.39, 0.29) is 0 Å². The number of allylic oxidation sites excluding steroid dienone is 3. The Morgan fingerprint density at radius 1 is 1.44 bits per heavy atom. The van der Waals surface area contributed by atoms with Gasteiger partial charge in [-0.15, -0.1) is 0 Å². The van der Waals surface area contributed by atoms with Crippen molar-refractivity contribution in [3.05, 3.63) is 36.1 Å². The molecule has 90 valence electrons. The normalized spacial score (nSPS) is 12.2. The van der Waals surface area contributed by atoms with Gasteiger partial charge < -0.3 is 9.47 Å². The van der Waals surface area contributed by atoms with Crippen LogP contribution in [0.4, 0.5) is 0 Å². The fraction of sp³-hybridized carbons (Fsp3) is 0.417. The molecule has 3 nitrogen and oxygen atoms in total. The molecule has 0 rings (SSSR count). The van der Waals surface area contributed by atoms with Gasteiger partial charge in [0.05, 0.1) is 25.0 Å². The van der Waals surface area contributed by atoms with Gasteiger partial charge >= 0.3 is 5.97 Å². The van der Waals surface area contributed by atoms with Crippen LogP contribution in [-0.2, 0) is 14.3 Å². The molecule has 0 atom stereocenters. The number of carbonyl (C=O) groups is 1. The molecule has 0 fully saturated rings. The van der Waals surface area contributed by atoms with E-state index in [0.717, 1.165) is 17.5 Å². The van der Waals surface area contributed by atoms with Crippen LogP contribution in [0.2, 0.25) is 0 Å². The highest BCUT2D eigenvalue weighted by molar-refractivity contribution is 9.09. The fourth-order valence-electron chi connectivity index (χ4n) is 0.880. The molecule has 0 N–H and O–H groups in total. The van der Waals surface area contributed by atoms with Crippen molar-refractivity contribution in [2.24, 2.45) is 0 Å². The molecule has 0 aromatic rings. The Morgan fingerprint density at radius 2 is 2.12 bits per heavy atom. The second kappa shape index (κ2) is 9.21. The average molecular weight is 289 g/mol. The molecule has 0 spiro atoms. The number of halogens is 1. The van der Waals surface area contributed by atoms with Crippen molar-refractivity contribution in [3.8, 4) is 0 Å². The van der Waals surface area contributed by atoms with Crippen molar-refractivity contribution in [3.63, 3.8) is 0 Å². The van der Waals surface area contributed by atoms with Gasteiger partial charge in [0, 0.05) is 5.33 Å². The monoisotopic (exact) mass is 288 g/mol. The summed E-state index contributed by atoms with van der Waals surface area (Å²) in [5.74, 6) is 0.351. The summed E-state index contributed by atoms with van der Waals surface area (Å²) in [5.41, 5.74) is 0.408. The van der Waals surface area contributed by atoms with Crippen LogP contribution in [0.3, 0.4) is 0 Å². The zero-order valence-corrected chi connectivity index (χ0v) is 11.2. The van der Waals surface area contributed by atoms with Gasteiger partial charge in [-0.05, 0) is 25.5 Å². The molecule has 0 aromatic heterocycles. The number of hydrogen-bond acceptors (Lipinski definition) is 3. The first kappa shape index (κ1) is 15.0. The summed E-state index contributed by atoms with van der Waals surface area (Å²) >= 11 is 3.32. The Balaban J connectivity index is 4.33. The van der Waals surface area contributed by atoms with E-state index in [4.69, 9.17) is 4.74 Å². The van der Waals surface area contributed by atoms with Crippen molar-refractivity contribution in [2.75, 3.05) is 19.0 Å². The summed E-state index contributed by atoms with van der Waals surface area (Å²) in [5, 5.41) is 0.913. The van der Waals surface area contributed by atoms with Gasteiger partial charge in [0.15, 0.2) is 0 Å². The number of alkyl halides is 1. The summed E-state index contributed by atoms with van der Waals surface area (Å²) in [7, 11) is 1.34. The highest BCUT2D eigenvalue weighted by Gasteiger charge is 2.03. The number of carbonyl (C=O) groups excluding carboxylic acids is 1. The number of ether oxygens (including phenoxy) is 2. The molecule has 0 saturated heterocycles. The smallest absolute Gasteiger partial charge is 0.337 e. The van der Waals surface area contributed by atoms with Gasteiger partial charge in [-0.25, -0.2) is 4.79 Å². The fourth-order valence-corrected chi connectivity index (χ4v) is 1.11. The van der Waals surface area contributed by atoms with E-state index in [0.29, 0.717) is 12.2 Å². The van der Waals surface area contributed by atoms with Gasteiger partial charge in [-0.3, -0.25) is 0 Å². The minimum atomic E-state index is -0.403. The molecule has 4 heteroatoms. The first-order valence-corrected chi connectivity index (χ1v) is 6.06. The van der Waals surface area contributed by atoms with Crippen molar-refractivity contribution < 1.29 is 14.3 Å². The number of methoxy groups -OCH3 is 1. The molecule has 0 aliphatic carbocycles. The molecule has 0 aliphatic heterocycles. The lowest BCUT2D eigenvalue weighted by Crippen LogP contribution is -2.02. The van der Waals surface area contributed by atoms with Crippen molar-refractivity contribution in [1.29, 1.82) is 0 Å². The zero-order chi connectivity index (χ0) is 12.4. The number of esters is 1. The van der Waals surface area contributed by atoms with E-state index >= 15 is 0 Å². The predicted molar refractivity (Wildman–Crippen MR) is 68.4 cm³/mol. The maximum absolute atomic E-state index is 11.2. The van der Waals surface area contributed by atoms with Gasteiger partial charge in [0.2, 0.25) is 0 Å². The summed E-state index contributed by atoms with van der Waals surface area (Å²) in [6.45, 7) is 6.03. The second-order valence-electron chi connectivity index (χ2n) is 2.99. The van der Waals surface area contributed by atoms with E-state index in [2.05, 4.69) is 27.2 Å². The first-order valence-electron chi connectivity index (χ1n) is 4.93. The molecule has 0 saturated carbocycles. The van der Waals surface area contributed by atoms with Crippen LogP contribution in [0.5, 0.6) is 0 Å². The van der Waals surface area contributed by atoms with Gasteiger partial charge in [0.1, 0.15) is 0 Å². The zero-order valence-electron chi connectivity index (χ0n) is 9.66. The van der Waals surface area contributed by atoms with Crippen LogP contribution in [-0.4, -0.2) is 25.0 Å². The summed E-state index contributed by atoms with van der Waals surface area (Å²) in [6, 6.07) is 0. The standard InChI is InChI=1S/C12H17BrO3/c1-4-11(12(14)15-3)7-6-10(2)16-9-5-8-13/h4,6-7H,1,5,8-9H2,2-3H3. The average Bonchev–Trinajstić information content (AvgIpc) is 2.29. The lowest BCUT2D eigenvalue weighted by atomic mass is 10.2. The number of hydrogen-bond donors (Lipinski definition) is 0. The molecule has 0 radical (unpaired) electrons. The Kier molecular flexibility index (Phi) is 8.62. The van der Waals surface area contributed by atoms with E-state index in [1.165, 1.54) is 13.2 Å². The molecule has 0 aromatic carbocycles. The molecule has 16 heavy (non-hydrogen) atoms. The highest BCUT2D eigenvalue weighted by atomic mass is 79.9. The summed E-state index contributed by atoms with van der Waals surface area (Å²) in [4.78, 5) is 11.2. The van der Waals surface area contributed by atoms with Crippen LogP contribution in [0.1, 0.15) is 13.3 Å². The largest absolute Gasteiger partial charge is 0.498 e. The first-order chi connectivity index (χ1) is 7.65. The molecule has 0 heterocycles. The van der Waals surface area contributed by atoms with E-state index in [1.54, 1.807) is 12.2 Å². The topological polar surface area (TPSA) is 35.5 Å². The van der Waals surface area contributed by atoms with Gasteiger partial charge in [0.25, 0.3) is 0 Å². The third-order valence-corrected chi connectivity index (χ3v) is 2.31. The maximum Gasteiger partial charge on any atom is 0.337 e. The Hall–Kier alpha value is -1.03. The van der Waals surface area contributed by atoms with Crippen LogP contribution < -0.4 is 0 Å². The quantitative estimate of drug-likeness (QED) is 0.180. The van der Waals surface area contributed by atoms with E-state index < -0.39 is 5.97 Å². The Morgan fingerprint density at radius 3 is 2.62 bits per heavy atom. The van der Waals surface area contributed by atoms with Crippen molar-refractivity contribution in [2.45, 2.75) is 13.3 Å². The SMILES string of the molecule is C=CC(=CC=C(C)OCCCBr)C(=O)OC. The van der Waals surface area contributed by atoms with Crippen LogP contribution in [0.15, 0.2) is 36.1 Å². The van der Waals surface area contributed by atoms with Crippen molar-refractivity contribution in [1.82, 2.24) is 0 Å². The molecular formula is C12H17BrO3. The van der Waals surface area contributed by atoms with E-state index in [9.17, 15) is 4.79 Å². The third-order valence-electron chi connectivity index (χ3n) is 1.75. The molecule has 0 aliphatic rings. The maximum atomic E-state index is 11.2. The van der Waals surface area contributed by atoms with Crippen LogP contribution in [0, 0.1) is 0 Å². The molecule has 0 amide bonds. The highest BCUT2D eigenvalue weighted by Crippen LogP contribution is 2.03. The minimum Gasteiger partial charge on any atom is -0.498 e. The van der Waals surface area contributed by atoms with Crippen LogP contribution >= 0.6 is 15.9 Å². The summed E-state index contributed by atoms with van der Waals surface area (Å²) < 4.78 is 9.97. The number of rotatable bonds is 7. The Bertz CT molecular complexity index is 293. The molecule has 0 unspecified atom stereocenters. The molecule has 0 bridgehead atoms. The van der Waals surface area contributed by atoms with Crippen molar-refractivity contribution >= 4 is 21.9 Å². The predicted octanol–water partition coefficient (Wildman–Crippen LogP) is 2.98. The Labute approximate surface area is 105 Å². The van der Waals surface area contributed by atoms with Gasteiger partial charge in [-0.1, -0.05) is 28.6 Å². The minimum absolute atomic E-state index is 0.403. The molecular weight excluding hydrogens is 272 g/mol.